The van der Waals surface area contributed by atoms with Gasteiger partial charge in [-0.1, -0.05) is 65.8 Å². The van der Waals surface area contributed by atoms with Crippen LogP contribution < -0.4 is 0 Å². The zero-order chi connectivity index (χ0) is 16.4. The van der Waals surface area contributed by atoms with Crippen molar-refractivity contribution in [3.63, 3.8) is 0 Å². The standard InChI is InChI=1S/C20H14N4/c21-24-22-13-14-9-11-15(12-10-14)20-16-5-1-3-7-18(16)23-19-8-4-2-6-17(19)20/h1-12H,13H2. The number of pyridine rings is 1. The van der Waals surface area contributed by atoms with Gasteiger partial charge in [0.25, 0.3) is 0 Å². The minimum Gasteiger partial charge on any atom is -0.248 e. The zero-order valence-electron chi connectivity index (χ0n) is 12.9. The van der Waals surface area contributed by atoms with Crippen LogP contribution in [0.1, 0.15) is 5.56 Å². The second kappa shape index (κ2) is 6.03. The van der Waals surface area contributed by atoms with E-state index in [4.69, 9.17) is 10.5 Å². The third-order valence-corrected chi connectivity index (χ3v) is 4.15. The lowest BCUT2D eigenvalue weighted by molar-refractivity contribution is 1.05. The average molecular weight is 310 g/mol. The smallest absolute Gasteiger partial charge is 0.0715 e. The highest BCUT2D eigenvalue weighted by atomic mass is 15.1. The van der Waals surface area contributed by atoms with Crippen molar-refractivity contribution >= 4 is 21.8 Å². The Morgan fingerprint density at radius 2 is 1.38 bits per heavy atom. The van der Waals surface area contributed by atoms with Crippen LogP contribution in [0, 0.1) is 0 Å². The molecule has 0 atom stereocenters. The summed E-state index contributed by atoms with van der Waals surface area (Å²) in [5.74, 6) is 0. The van der Waals surface area contributed by atoms with Crippen molar-refractivity contribution in [3.05, 3.63) is 88.8 Å². The summed E-state index contributed by atoms with van der Waals surface area (Å²) in [6.07, 6.45) is 0. The van der Waals surface area contributed by atoms with E-state index in [1.54, 1.807) is 0 Å². The monoisotopic (exact) mass is 310 g/mol. The number of hydrogen-bond acceptors (Lipinski definition) is 2. The largest absolute Gasteiger partial charge is 0.248 e. The number of benzene rings is 3. The second-order valence-corrected chi connectivity index (χ2v) is 5.61. The maximum atomic E-state index is 8.45. The fraction of sp³-hybridized carbons (Fsp3) is 0.0500. The molecule has 0 aliphatic rings. The molecule has 0 bridgehead atoms. The Bertz CT molecular complexity index is 1020. The van der Waals surface area contributed by atoms with E-state index in [9.17, 15) is 0 Å². The van der Waals surface area contributed by atoms with Gasteiger partial charge in [0.2, 0.25) is 0 Å². The summed E-state index contributed by atoms with van der Waals surface area (Å²) < 4.78 is 0. The highest BCUT2D eigenvalue weighted by molar-refractivity contribution is 6.09. The normalized spacial score (nSPS) is 10.7. The van der Waals surface area contributed by atoms with Crippen molar-refractivity contribution in [2.24, 2.45) is 5.11 Å². The molecule has 1 aromatic heterocycles. The molecule has 4 rings (SSSR count). The van der Waals surface area contributed by atoms with Crippen molar-refractivity contribution in [2.45, 2.75) is 6.54 Å². The van der Waals surface area contributed by atoms with Crippen molar-refractivity contribution in [1.29, 1.82) is 0 Å². The summed E-state index contributed by atoms with van der Waals surface area (Å²) in [4.78, 5) is 7.58. The van der Waals surface area contributed by atoms with E-state index in [0.29, 0.717) is 6.54 Å². The lowest BCUT2D eigenvalue weighted by Gasteiger charge is -2.11. The van der Waals surface area contributed by atoms with E-state index in [-0.39, 0.29) is 0 Å². The van der Waals surface area contributed by atoms with Gasteiger partial charge in [0.1, 0.15) is 0 Å². The summed E-state index contributed by atoms with van der Waals surface area (Å²) in [7, 11) is 0. The van der Waals surface area contributed by atoms with Crippen molar-refractivity contribution < 1.29 is 0 Å². The maximum absolute atomic E-state index is 8.45. The minimum atomic E-state index is 0.370. The number of nitrogens with zero attached hydrogens (tertiary/aromatic N) is 4. The fourth-order valence-corrected chi connectivity index (χ4v) is 3.04. The molecule has 1 heterocycles. The summed E-state index contributed by atoms with van der Waals surface area (Å²) in [6.45, 7) is 0.370. The summed E-state index contributed by atoms with van der Waals surface area (Å²) in [6, 6.07) is 24.6. The quantitative estimate of drug-likeness (QED) is 0.202. The number of para-hydroxylation sites is 2. The molecule has 0 aliphatic heterocycles. The highest BCUT2D eigenvalue weighted by Gasteiger charge is 2.10. The lowest BCUT2D eigenvalue weighted by Crippen LogP contribution is -1.89. The summed E-state index contributed by atoms with van der Waals surface area (Å²) in [5.41, 5.74) is 13.7. The van der Waals surface area contributed by atoms with Gasteiger partial charge in [-0.25, -0.2) is 4.98 Å². The van der Waals surface area contributed by atoms with Gasteiger partial charge in [-0.3, -0.25) is 0 Å². The van der Waals surface area contributed by atoms with Gasteiger partial charge in [-0.05, 0) is 28.8 Å². The minimum absolute atomic E-state index is 0.370. The lowest BCUT2D eigenvalue weighted by atomic mass is 9.95. The Balaban J connectivity index is 1.98. The van der Waals surface area contributed by atoms with Gasteiger partial charge in [0.05, 0.1) is 17.6 Å². The van der Waals surface area contributed by atoms with Gasteiger partial charge in [0, 0.05) is 21.2 Å². The van der Waals surface area contributed by atoms with Crippen LogP contribution in [0.5, 0.6) is 0 Å². The first-order chi connectivity index (χ1) is 11.9. The summed E-state index contributed by atoms with van der Waals surface area (Å²) in [5, 5.41) is 5.89. The third-order valence-electron chi connectivity index (χ3n) is 4.15. The first kappa shape index (κ1) is 14.2. The number of rotatable bonds is 3. The molecule has 24 heavy (non-hydrogen) atoms. The Kier molecular flexibility index (Phi) is 3.58. The first-order valence-electron chi connectivity index (χ1n) is 7.74. The Hall–Kier alpha value is -3.36. The molecule has 0 amide bonds. The number of azide groups is 1. The van der Waals surface area contributed by atoms with E-state index >= 15 is 0 Å². The molecular formula is C20H14N4. The van der Waals surface area contributed by atoms with E-state index < -0.39 is 0 Å². The van der Waals surface area contributed by atoms with Gasteiger partial charge in [-0.2, -0.15) is 0 Å². The third kappa shape index (κ3) is 2.45. The molecule has 0 N–H and O–H groups in total. The van der Waals surface area contributed by atoms with Crippen LogP contribution in [0.2, 0.25) is 0 Å². The van der Waals surface area contributed by atoms with E-state index in [1.165, 1.54) is 5.56 Å². The molecule has 114 valence electrons. The molecular weight excluding hydrogens is 296 g/mol. The SMILES string of the molecule is [N-]=[N+]=NCc1ccc(-c2c3ccccc3nc3ccccc23)cc1. The molecule has 0 saturated heterocycles. The van der Waals surface area contributed by atoms with Crippen LogP contribution in [0.15, 0.2) is 77.9 Å². The number of hydrogen-bond donors (Lipinski definition) is 0. The van der Waals surface area contributed by atoms with E-state index in [2.05, 4.69) is 34.3 Å². The Morgan fingerprint density at radius 3 is 1.96 bits per heavy atom. The molecule has 4 nitrogen and oxygen atoms in total. The molecule has 0 saturated carbocycles. The predicted molar refractivity (Wildman–Crippen MR) is 97.5 cm³/mol. The van der Waals surface area contributed by atoms with E-state index in [1.807, 2.05) is 48.5 Å². The molecule has 4 aromatic rings. The van der Waals surface area contributed by atoms with Gasteiger partial charge >= 0.3 is 0 Å². The van der Waals surface area contributed by atoms with Crippen LogP contribution in [0.3, 0.4) is 0 Å². The van der Waals surface area contributed by atoms with Gasteiger partial charge < -0.3 is 0 Å². The van der Waals surface area contributed by atoms with Crippen LogP contribution in [-0.4, -0.2) is 4.98 Å². The number of aromatic nitrogens is 1. The van der Waals surface area contributed by atoms with Crippen molar-refractivity contribution in [3.8, 4) is 11.1 Å². The summed E-state index contributed by atoms with van der Waals surface area (Å²) >= 11 is 0. The highest BCUT2D eigenvalue weighted by Crippen LogP contribution is 2.34. The van der Waals surface area contributed by atoms with Crippen molar-refractivity contribution in [1.82, 2.24) is 4.98 Å². The first-order valence-corrected chi connectivity index (χ1v) is 7.74. The molecule has 3 aromatic carbocycles. The van der Waals surface area contributed by atoms with Crippen LogP contribution in [0.4, 0.5) is 0 Å². The molecule has 0 unspecified atom stereocenters. The van der Waals surface area contributed by atoms with Crippen LogP contribution in [0.25, 0.3) is 43.4 Å². The van der Waals surface area contributed by atoms with Crippen molar-refractivity contribution in [2.75, 3.05) is 0 Å². The fourth-order valence-electron chi connectivity index (χ4n) is 3.04. The number of fused-ring (bicyclic) bond motifs is 2. The second-order valence-electron chi connectivity index (χ2n) is 5.61. The van der Waals surface area contributed by atoms with Crippen LogP contribution >= 0.6 is 0 Å². The zero-order valence-corrected chi connectivity index (χ0v) is 12.9. The molecule has 0 fully saturated rings. The molecule has 4 heteroatoms. The average Bonchev–Trinajstić information content (AvgIpc) is 2.65. The molecule has 0 aliphatic carbocycles. The Labute approximate surface area is 139 Å². The van der Waals surface area contributed by atoms with Gasteiger partial charge in [-0.15, -0.1) is 0 Å². The predicted octanol–water partition coefficient (Wildman–Crippen LogP) is 5.87. The van der Waals surface area contributed by atoms with E-state index in [0.717, 1.165) is 32.9 Å². The van der Waals surface area contributed by atoms with Gasteiger partial charge in [0.15, 0.2) is 0 Å². The topological polar surface area (TPSA) is 61.7 Å². The Morgan fingerprint density at radius 1 is 0.792 bits per heavy atom. The maximum Gasteiger partial charge on any atom is 0.0715 e. The molecule has 0 radical (unpaired) electrons. The molecule has 0 spiro atoms. The van der Waals surface area contributed by atoms with Crippen LogP contribution in [-0.2, 0) is 6.54 Å².